The van der Waals surface area contributed by atoms with E-state index in [0.29, 0.717) is 0 Å². The molecule has 0 atom stereocenters. The summed E-state index contributed by atoms with van der Waals surface area (Å²) < 4.78 is 0. The van der Waals surface area contributed by atoms with Crippen LogP contribution >= 0.6 is 0 Å². The third-order valence-corrected chi connectivity index (χ3v) is 6.49. The van der Waals surface area contributed by atoms with E-state index in [1.165, 1.54) is 46.6 Å². The molecule has 0 aromatic heterocycles. The summed E-state index contributed by atoms with van der Waals surface area (Å²) >= 11 is 0. The zero-order valence-electron chi connectivity index (χ0n) is 20.9. The van der Waals surface area contributed by atoms with Crippen LogP contribution in [0.15, 0.2) is 121 Å². The van der Waals surface area contributed by atoms with Crippen molar-refractivity contribution in [2.45, 2.75) is 12.8 Å². The van der Waals surface area contributed by atoms with Crippen LogP contribution in [-0.4, -0.2) is 0 Å². The van der Waals surface area contributed by atoms with Crippen LogP contribution in [0.5, 0.6) is 0 Å². The smallest absolute Gasteiger partial charge is 0.0762 e. The van der Waals surface area contributed by atoms with Crippen molar-refractivity contribution in [1.82, 2.24) is 0 Å². The SMILES string of the molecule is C(/C=C/c1ccccc1)=C\c1ccccc1.[CH]1[CH][C](CC[C]2[CH][CH][C]3C=CC=C[C]32)[C]2C=CC=C[C]12.[Zr+2]. The molecule has 0 aliphatic heterocycles. The largest absolute Gasteiger partial charge is 2.00 e. The van der Waals surface area contributed by atoms with E-state index in [-0.39, 0.29) is 26.2 Å². The summed E-state index contributed by atoms with van der Waals surface area (Å²) in [7, 11) is 0. The van der Waals surface area contributed by atoms with Crippen LogP contribution in [0.4, 0.5) is 0 Å². The monoisotopic (exact) mass is 552 g/mol. The van der Waals surface area contributed by atoms with Gasteiger partial charge in [-0.15, -0.1) is 0 Å². The molecule has 4 aliphatic carbocycles. The molecule has 176 valence electrons. The van der Waals surface area contributed by atoms with Gasteiger partial charge in [-0.3, -0.25) is 0 Å². The molecule has 0 amide bonds. The zero-order chi connectivity index (χ0) is 24.4. The minimum Gasteiger partial charge on any atom is -0.0762 e. The van der Waals surface area contributed by atoms with E-state index in [0.717, 1.165) is 12.8 Å². The van der Waals surface area contributed by atoms with Gasteiger partial charge in [0.15, 0.2) is 0 Å². The van der Waals surface area contributed by atoms with Crippen molar-refractivity contribution in [3.05, 3.63) is 194 Å². The Balaban J connectivity index is 0.000000173. The first-order valence-electron chi connectivity index (χ1n) is 12.6. The molecule has 2 aromatic carbocycles. The average molecular weight is 554 g/mol. The predicted octanol–water partition coefficient (Wildman–Crippen LogP) is 8.72. The maximum Gasteiger partial charge on any atom is 2.00 e. The fourth-order valence-corrected chi connectivity index (χ4v) is 4.60. The predicted molar refractivity (Wildman–Crippen MR) is 153 cm³/mol. The van der Waals surface area contributed by atoms with Gasteiger partial charge < -0.3 is 0 Å². The van der Waals surface area contributed by atoms with Crippen molar-refractivity contribution in [2.75, 3.05) is 0 Å². The maximum absolute atomic E-state index is 2.27. The van der Waals surface area contributed by atoms with Gasteiger partial charge in [0.2, 0.25) is 0 Å². The minimum atomic E-state index is 0. The number of hydrogen-bond acceptors (Lipinski definition) is 0. The standard InChI is InChI=1S/C20H16.C16H14.Zr/c1-3-7-19-15(5-1)9-11-17(19)13-14-18-12-10-16-6-2-4-8-20(16)18;1-3-9-15(10-4-1)13-7-8-14-16-11-5-2-6-12-16;/h1-12H,13-14H2;1-14H;/q;;+2/b;13-7+,14-8+;. The van der Waals surface area contributed by atoms with Gasteiger partial charge >= 0.3 is 26.2 Å². The van der Waals surface area contributed by atoms with Gasteiger partial charge in [-0.05, 0) is 61.5 Å². The van der Waals surface area contributed by atoms with Gasteiger partial charge in [-0.1, -0.05) is 134 Å². The summed E-state index contributed by atoms with van der Waals surface area (Å²) in [6, 6.07) is 20.6. The van der Waals surface area contributed by atoms with Crippen molar-refractivity contribution in [3.8, 4) is 0 Å². The zero-order valence-corrected chi connectivity index (χ0v) is 23.4. The number of allylic oxidation sites excluding steroid dienone is 10. The van der Waals surface area contributed by atoms with E-state index in [4.69, 9.17) is 0 Å². The molecule has 0 unspecified atom stereocenters. The van der Waals surface area contributed by atoms with Gasteiger partial charge in [-0.25, -0.2) is 0 Å². The molecule has 2 fully saturated rings. The van der Waals surface area contributed by atoms with Crippen LogP contribution in [0.1, 0.15) is 24.0 Å². The molecule has 0 spiro atoms. The Bertz CT molecular complexity index is 1030. The van der Waals surface area contributed by atoms with Crippen LogP contribution in [0.25, 0.3) is 12.2 Å². The summed E-state index contributed by atoms with van der Waals surface area (Å²) in [5.41, 5.74) is 2.44. The normalized spacial score (nSPS) is 20.3. The summed E-state index contributed by atoms with van der Waals surface area (Å²) in [6.07, 6.45) is 36.9. The molecule has 0 N–H and O–H groups in total. The fraction of sp³-hybridized carbons (Fsp3) is 0.0556. The number of fused-ring (bicyclic) bond motifs is 2. The molecule has 1 heteroatoms. The van der Waals surface area contributed by atoms with Crippen molar-refractivity contribution >= 4 is 12.2 Å². The van der Waals surface area contributed by atoms with Crippen molar-refractivity contribution in [2.24, 2.45) is 0 Å². The quantitative estimate of drug-likeness (QED) is 0.314. The molecular weight excluding hydrogens is 524 g/mol. The Hall–Kier alpha value is -2.24. The van der Waals surface area contributed by atoms with Crippen LogP contribution in [0.2, 0.25) is 0 Å². The summed E-state index contributed by atoms with van der Waals surface area (Å²) in [5, 5.41) is 0. The molecule has 37 heavy (non-hydrogen) atoms. The molecule has 0 bridgehead atoms. The van der Waals surface area contributed by atoms with E-state index < -0.39 is 0 Å². The Morgan fingerprint density at radius 3 is 1.30 bits per heavy atom. The maximum atomic E-state index is 2.27. The van der Waals surface area contributed by atoms with Crippen molar-refractivity contribution in [3.63, 3.8) is 0 Å². The number of benzene rings is 2. The summed E-state index contributed by atoms with van der Waals surface area (Å²) in [6.45, 7) is 0. The van der Waals surface area contributed by atoms with Gasteiger partial charge in [0.1, 0.15) is 0 Å². The second-order valence-corrected chi connectivity index (χ2v) is 8.93. The molecule has 0 saturated heterocycles. The van der Waals surface area contributed by atoms with E-state index in [2.05, 4.69) is 123 Å². The number of rotatable bonds is 6. The molecule has 10 radical (unpaired) electrons. The van der Waals surface area contributed by atoms with E-state index in [9.17, 15) is 0 Å². The topological polar surface area (TPSA) is 0 Å². The first kappa shape index (κ1) is 27.8. The van der Waals surface area contributed by atoms with Gasteiger partial charge in [0.05, 0.1) is 0 Å². The summed E-state index contributed by atoms with van der Waals surface area (Å²) in [5.74, 6) is 8.45. The van der Waals surface area contributed by atoms with E-state index in [1.807, 2.05) is 36.4 Å². The molecule has 2 saturated carbocycles. The van der Waals surface area contributed by atoms with Crippen molar-refractivity contribution in [1.29, 1.82) is 0 Å². The molecule has 2 aromatic rings. The Kier molecular flexibility index (Phi) is 11.0. The Labute approximate surface area is 243 Å². The molecule has 0 nitrogen and oxygen atoms in total. The van der Waals surface area contributed by atoms with Crippen LogP contribution in [0.3, 0.4) is 0 Å². The Morgan fingerprint density at radius 1 is 0.459 bits per heavy atom. The second kappa shape index (κ2) is 14.6. The van der Waals surface area contributed by atoms with Gasteiger partial charge in [0.25, 0.3) is 0 Å². The van der Waals surface area contributed by atoms with Crippen LogP contribution < -0.4 is 0 Å². The van der Waals surface area contributed by atoms with Gasteiger partial charge in [0, 0.05) is 23.7 Å². The first-order chi connectivity index (χ1) is 17.9. The van der Waals surface area contributed by atoms with E-state index >= 15 is 0 Å². The fourth-order valence-electron chi connectivity index (χ4n) is 4.60. The van der Waals surface area contributed by atoms with E-state index in [1.54, 1.807) is 0 Å². The Morgan fingerprint density at radius 2 is 0.865 bits per heavy atom. The molecular formula is C36H30Zr+2. The van der Waals surface area contributed by atoms with Gasteiger partial charge in [-0.2, -0.15) is 0 Å². The minimum absolute atomic E-state index is 0. The average Bonchev–Trinajstić information content (AvgIpc) is 3.56. The molecule has 4 aliphatic rings. The molecule has 0 heterocycles. The van der Waals surface area contributed by atoms with Crippen LogP contribution in [0, 0.1) is 61.2 Å². The molecule has 6 rings (SSSR count). The second-order valence-electron chi connectivity index (χ2n) is 8.93. The van der Waals surface area contributed by atoms with Crippen molar-refractivity contribution < 1.29 is 26.2 Å². The summed E-state index contributed by atoms with van der Waals surface area (Å²) in [4.78, 5) is 0. The van der Waals surface area contributed by atoms with Crippen LogP contribution in [-0.2, 0) is 26.2 Å². The third kappa shape index (κ3) is 7.88. The third-order valence-electron chi connectivity index (χ3n) is 6.49. The first-order valence-corrected chi connectivity index (χ1v) is 12.6. The number of hydrogen-bond donors (Lipinski definition) is 0.